The highest BCUT2D eigenvalue weighted by Crippen LogP contribution is 2.32. The Morgan fingerprint density at radius 3 is 2.73 bits per heavy atom. The number of hydrogen-bond donors (Lipinski definition) is 2. The minimum absolute atomic E-state index is 0.214. The van der Waals surface area contributed by atoms with Gasteiger partial charge in [-0.3, -0.25) is 19.1 Å². The lowest BCUT2D eigenvalue weighted by Crippen LogP contribution is -2.34. The van der Waals surface area contributed by atoms with Crippen molar-refractivity contribution in [2.75, 3.05) is 0 Å². The van der Waals surface area contributed by atoms with Gasteiger partial charge in [0.05, 0.1) is 28.5 Å². The van der Waals surface area contributed by atoms with Crippen LogP contribution in [0.4, 0.5) is 0 Å². The first-order valence-corrected chi connectivity index (χ1v) is 11.3. The number of amides is 1. The second kappa shape index (κ2) is 8.18. The molecular weight excluding hydrogens is 436 g/mol. The van der Waals surface area contributed by atoms with Gasteiger partial charge in [-0.15, -0.1) is 11.3 Å². The Morgan fingerprint density at radius 1 is 1.18 bits per heavy atom. The molecule has 5 aromatic heterocycles. The van der Waals surface area contributed by atoms with Crippen LogP contribution in [0, 0.1) is 13.8 Å². The minimum Gasteiger partial charge on any atom is -0.348 e. The van der Waals surface area contributed by atoms with Crippen LogP contribution in [0.3, 0.4) is 0 Å². The van der Waals surface area contributed by atoms with Crippen LogP contribution in [0.1, 0.15) is 26.5 Å². The molecule has 0 aliphatic rings. The number of nitrogens with one attached hydrogen (secondary N) is 1. The highest BCUT2D eigenvalue weighted by atomic mass is 32.1. The predicted molar refractivity (Wildman–Crippen MR) is 125 cm³/mol. The van der Waals surface area contributed by atoms with E-state index in [-0.39, 0.29) is 5.91 Å². The highest BCUT2D eigenvalue weighted by Gasteiger charge is 2.18. The molecule has 0 atom stereocenters. The van der Waals surface area contributed by atoms with Crippen molar-refractivity contribution in [3.8, 4) is 21.7 Å². The summed E-state index contributed by atoms with van der Waals surface area (Å²) in [5.74, 6) is -0.214. The van der Waals surface area contributed by atoms with Gasteiger partial charge in [-0.2, -0.15) is 5.10 Å². The quantitative estimate of drug-likeness (QED) is 0.311. The molecule has 8 nitrogen and oxygen atoms in total. The summed E-state index contributed by atoms with van der Waals surface area (Å²) in [6.07, 6.45) is 8.94. The van der Waals surface area contributed by atoms with E-state index >= 15 is 0 Å². The molecule has 33 heavy (non-hydrogen) atoms. The molecule has 0 saturated carbocycles. The first kappa shape index (κ1) is 20.9. The number of hydrogen-bond acceptors (Lipinski definition) is 5. The van der Waals surface area contributed by atoms with Gasteiger partial charge in [0.2, 0.25) is 11.9 Å². The molecule has 0 spiro atoms. The summed E-state index contributed by atoms with van der Waals surface area (Å²) in [6.45, 7) is 4.16. The van der Waals surface area contributed by atoms with E-state index in [1.807, 2.05) is 42.2 Å². The van der Waals surface area contributed by atoms with Crippen molar-refractivity contribution in [2.45, 2.75) is 20.4 Å². The van der Waals surface area contributed by atoms with E-state index in [9.17, 15) is 10.0 Å². The molecule has 0 aliphatic carbocycles. The smallest absolute Gasteiger partial charge is 0.253 e. The fourth-order valence-corrected chi connectivity index (χ4v) is 4.61. The van der Waals surface area contributed by atoms with Gasteiger partial charge in [0.15, 0.2) is 0 Å². The third-order valence-corrected chi connectivity index (χ3v) is 6.54. The van der Waals surface area contributed by atoms with Gasteiger partial charge >= 0.3 is 0 Å². The van der Waals surface area contributed by atoms with Gasteiger partial charge in [-0.1, -0.05) is 0 Å². The van der Waals surface area contributed by atoms with Crippen molar-refractivity contribution >= 4 is 22.9 Å². The van der Waals surface area contributed by atoms with Crippen molar-refractivity contribution < 1.29 is 14.7 Å². The maximum atomic E-state index is 13.1. The average Bonchev–Trinajstić information content (AvgIpc) is 3.53. The molecule has 166 valence electrons. The first-order valence-electron chi connectivity index (χ1n) is 10.4. The van der Waals surface area contributed by atoms with Crippen molar-refractivity contribution in [1.82, 2.24) is 24.5 Å². The zero-order chi connectivity index (χ0) is 23.1. The number of aromatic nitrogens is 5. The molecule has 2 N–H and O–H groups in total. The standard InChI is InChI=1S/C24H22N6O2S/c1-15-4-6-17(12-30(15)32)9-26-24(31)18-8-20(19-10-27-28(3)13-19)23-25-11-21(29(23)14-18)22-7-5-16(2)33-22/h4-8,10-14H,9H2,1-3H3,(H-,26,31,32)/p+1. The number of nitrogens with zero attached hydrogens (tertiary/aromatic N) is 5. The predicted octanol–water partition coefficient (Wildman–Crippen LogP) is 3.53. The van der Waals surface area contributed by atoms with Crippen molar-refractivity contribution in [3.63, 3.8) is 0 Å². The summed E-state index contributed by atoms with van der Waals surface area (Å²) in [6, 6.07) is 9.67. The van der Waals surface area contributed by atoms with E-state index in [0.29, 0.717) is 17.8 Å². The van der Waals surface area contributed by atoms with Crippen LogP contribution in [-0.4, -0.2) is 30.3 Å². The van der Waals surface area contributed by atoms with E-state index in [1.54, 1.807) is 41.4 Å². The third kappa shape index (κ3) is 3.98. The molecule has 0 aromatic carbocycles. The molecular formula is C24H23N6O2S+. The fourth-order valence-electron chi connectivity index (χ4n) is 3.73. The summed E-state index contributed by atoms with van der Waals surface area (Å²) in [4.78, 5) is 20.1. The Balaban J connectivity index is 1.56. The SMILES string of the molecule is Cc1ccc(-c2cnc3c(-c4cnn(C)c4)cc(C(=O)NCc4ccc(C)[n+](O)c4)cn23)s1. The minimum atomic E-state index is -0.214. The monoisotopic (exact) mass is 459 g/mol. The van der Waals surface area contributed by atoms with Gasteiger partial charge < -0.3 is 5.32 Å². The molecule has 0 unspecified atom stereocenters. The number of imidazole rings is 1. The number of aryl methyl sites for hydroxylation is 3. The van der Waals surface area contributed by atoms with E-state index in [0.717, 1.165) is 37.6 Å². The maximum Gasteiger partial charge on any atom is 0.253 e. The number of thiophene rings is 1. The number of fused-ring (bicyclic) bond motifs is 1. The van der Waals surface area contributed by atoms with Crippen LogP contribution in [-0.2, 0) is 13.6 Å². The fraction of sp³-hybridized carbons (Fsp3) is 0.167. The molecule has 5 rings (SSSR count). The van der Waals surface area contributed by atoms with Crippen LogP contribution in [0.25, 0.3) is 27.3 Å². The largest absolute Gasteiger partial charge is 0.348 e. The van der Waals surface area contributed by atoms with E-state index in [2.05, 4.69) is 34.5 Å². The lowest BCUT2D eigenvalue weighted by atomic mass is 10.1. The summed E-state index contributed by atoms with van der Waals surface area (Å²) in [5.41, 5.74) is 5.44. The number of rotatable bonds is 5. The van der Waals surface area contributed by atoms with Gasteiger partial charge in [0.25, 0.3) is 5.91 Å². The molecule has 1 amide bonds. The van der Waals surface area contributed by atoms with Gasteiger partial charge in [0, 0.05) is 65.3 Å². The number of carbonyl (C=O) groups is 1. The molecule has 5 heterocycles. The van der Waals surface area contributed by atoms with Crippen LogP contribution in [0.2, 0.25) is 0 Å². The third-order valence-electron chi connectivity index (χ3n) is 5.52. The van der Waals surface area contributed by atoms with Crippen LogP contribution in [0.15, 0.2) is 61.3 Å². The van der Waals surface area contributed by atoms with Crippen LogP contribution < -0.4 is 10.0 Å². The number of carbonyl (C=O) groups excluding carboxylic acids is 1. The molecule has 5 aromatic rings. The molecule has 0 bridgehead atoms. The maximum absolute atomic E-state index is 13.1. The van der Waals surface area contributed by atoms with Gasteiger partial charge in [0.1, 0.15) is 5.65 Å². The van der Waals surface area contributed by atoms with Crippen LogP contribution in [0.5, 0.6) is 0 Å². The Hall–Kier alpha value is -3.98. The lowest BCUT2D eigenvalue weighted by molar-refractivity contribution is -0.909. The summed E-state index contributed by atoms with van der Waals surface area (Å²) in [5, 5.41) is 17.1. The second-order valence-corrected chi connectivity index (χ2v) is 9.29. The van der Waals surface area contributed by atoms with Crippen molar-refractivity contribution in [2.24, 2.45) is 7.05 Å². The Bertz CT molecular complexity index is 1500. The zero-order valence-corrected chi connectivity index (χ0v) is 19.3. The normalized spacial score (nSPS) is 11.2. The Labute approximate surface area is 194 Å². The lowest BCUT2D eigenvalue weighted by Gasteiger charge is -2.10. The van der Waals surface area contributed by atoms with E-state index < -0.39 is 0 Å². The molecule has 0 radical (unpaired) electrons. The summed E-state index contributed by atoms with van der Waals surface area (Å²) < 4.78 is 4.75. The highest BCUT2D eigenvalue weighted by molar-refractivity contribution is 7.15. The van der Waals surface area contributed by atoms with Gasteiger partial charge in [-0.05, 0) is 31.2 Å². The molecule has 0 fully saturated rings. The average molecular weight is 460 g/mol. The summed E-state index contributed by atoms with van der Waals surface area (Å²) >= 11 is 1.69. The van der Waals surface area contributed by atoms with E-state index in [1.165, 1.54) is 4.88 Å². The molecule has 0 aliphatic heterocycles. The van der Waals surface area contributed by atoms with Crippen LogP contribution >= 0.6 is 11.3 Å². The molecule has 0 saturated heterocycles. The summed E-state index contributed by atoms with van der Waals surface area (Å²) in [7, 11) is 1.86. The van der Waals surface area contributed by atoms with Gasteiger partial charge in [-0.25, -0.2) is 4.98 Å². The topological polar surface area (TPSA) is 88.3 Å². The second-order valence-electron chi connectivity index (χ2n) is 8.00. The number of pyridine rings is 2. The Morgan fingerprint density at radius 2 is 2.03 bits per heavy atom. The van der Waals surface area contributed by atoms with Crippen molar-refractivity contribution in [1.29, 1.82) is 0 Å². The zero-order valence-electron chi connectivity index (χ0n) is 18.5. The van der Waals surface area contributed by atoms with E-state index in [4.69, 9.17) is 0 Å². The first-order chi connectivity index (χ1) is 15.9. The van der Waals surface area contributed by atoms with Crippen molar-refractivity contribution in [3.05, 3.63) is 83.0 Å². The Kier molecular flexibility index (Phi) is 5.18. The molecule has 9 heteroatoms.